The van der Waals surface area contributed by atoms with Crippen LogP contribution in [0, 0.1) is 19.7 Å². The summed E-state index contributed by atoms with van der Waals surface area (Å²) < 4.78 is 24.7. The minimum absolute atomic E-state index is 0.0961. The lowest BCUT2D eigenvalue weighted by molar-refractivity contribution is 0.0531. The molecule has 0 aliphatic carbocycles. The van der Waals surface area contributed by atoms with Crippen molar-refractivity contribution in [1.82, 2.24) is 4.98 Å². The lowest BCUT2D eigenvalue weighted by Gasteiger charge is -2.22. The van der Waals surface area contributed by atoms with Crippen LogP contribution in [0.3, 0.4) is 0 Å². The van der Waals surface area contributed by atoms with Crippen LogP contribution in [0.2, 0.25) is 0 Å². The summed E-state index contributed by atoms with van der Waals surface area (Å²) in [5, 5.41) is 0.564. The summed E-state index contributed by atoms with van der Waals surface area (Å²) in [7, 11) is 0. The molecule has 1 aliphatic rings. The van der Waals surface area contributed by atoms with E-state index in [0.717, 1.165) is 16.9 Å². The fourth-order valence-corrected chi connectivity index (χ4v) is 5.10. The third-order valence-electron chi connectivity index (χ3n) is 5.66. The second-order valence-corrected chi connectivity index (χ2v) is 8.91. The second kappa shape index (κ2) is 8.18. The van der Waals surface area contributed by atoms with Crippen molar-refractivity contribution < 1.29 is 23.1 Å². The van der Waals surface area contributed by atoms with E-state index in [1.807, 2.05) is 6.92 Å². The molecule has 2 aromatic heterocycles. The number of aryl methyl sites for hydroxylation is 2. The van der Waals surface area contributed by atoms with E-state index in [0.29, 0.717) is 22.2 Å². The number of esters is 1. The molecule has 1 unspecified atom stereocenters. The Hall–Kier alpha value is -3.85. The van der Waals surface area contributed by atoms with E-state index < -0.39 is 23.7 Å². The van der Waals surface area contributed by atoms with Gasteiger partial charge in [0.25, 0.3) is 5.91 Å². The van der Waals surface area contributed by atoms with Crippen LogP contribution in [0.4, 0.5) is 9.52 Å². The van der Waals surface area contributed by atoms with Gasteiger partial charge in [0.05, 0.1) is 29.3 Å². The first-order chi connectivity index (χ1) is 16.3. The Morgan fingerprint density at radius 3 is 2.62 bits per heavy atom. The summed E-state index contributed by atoms with van der Waals surface area (Å²) in [5.74, 6) is -1.65. The van der Waals surface area contributed by atoms with E-state index >= 15 is 0 Å². The molecule has 0 bridgehead atoms. The fourth-order valence-electron chi connectivity index (χ4n) is 4.12. The van der Waals surface area contributed by atoms with Gasteiger partial charge in [0.1, 0.15) is 16.3 Å². The van der Waals surface area contributed by atoms with E-state index in [-0.39, 0.29) is 33.4 Å². The highest BCUT2D eigenvalue weighted by molar-refractivity contribution is 7.17. The van der Waals surface area contributed by atoms with E-state index in [1.165, 1.54) is 29.2 Å². The fraction of sp³-hybridized carbons (Fsp3) is 0.200. The normalized spacial score (nSPS) is 15.1. The molecule has 172 valence electrons. The Kier molecular flexibility index (Phi) is 5.28. The Morgan fingerprint density at radius 1 is 1.18 bits per heavy atom. The summed E-state index contributed by atoms with van der Waals surface area (Å²) in [6.07, 6.45) is 0. The van der Waals surface area contributed by atoms with Gasteiger partial charge < -0.3 is 9.15 Å². The van der Waals surface area contributed by atoms with Crippen molar-refractivity contribution in [2.45, 2.75) is 26.8 Å². The monoisotopic (exact) mass is 478 g/mol. The van der Waals surface area contributed by atoms with E-state index in [1.54, 1.807) is 32.0 Å². The number of carbonyl (C=O) groups is 2. The Labute approximate surface area is 197 Å². The van der Waals surface area contributed by atoms with Crippen LogP contribution in [0.25, 0.3) is 11.0 Å². The van der Waals surface area contributed by atoms with Crippen LogP contribution in [-0.4, -0.2) is 23.5 Å². The van der Waals surface area contributed by atoms with E-state index in [9.17, 15) is 18.8 Å². The number of rotatable bonds is 4. The molecule has 2 aromatic carbocycles. The molecule has 4 aromatic rings. The quantitative estimate of drug-likeness (QED) is 0.386. The van der Waals surface area contributed by atoms with Crippen molar-refractivity contribution >= 4 is 39.3 Å². The first-order valence-electron chi connectivity index (χ1n) is 10.6. The number of fused-ring (bicyclic) bond motifs is 2. The standard InChI is InChI=1S/C25H19FN2O5S/c1-4-32-24(31)22-13(3)27-25(34-22)28-19(14-6-8-15(26)9-7-14)18-20(29)16-11-12(2)5-10-17(16)33-21(18)23(28)30/h5-11,19H,4H2,1-3H3. The van der Waals surface area contributed by atoms with Crippen molar-refractivity contribution in [1.29, 1.82) is 0 Å². The maximum Gasteiger partial charge on any atom is 0.350 e. The van der Waals surface area contributed by atoms with Crippen molar-refractivity contribution in [2.24, 2.45) is 0 Å². The lowest BCUT2D eigenvalue weighted by atomic mass is 9.98. The van der Waals surface area contributed by atoms with Gasteiger partial charge in [-0.25, -0.2) is 14.2 Å². The Bertz CT molecular complexity index is 1520. The molecule has 0 fully saturated rings. The Balaban J connectivity index is 1.75. The first kappa shape index (κ1) is 22.0. The summed E-state index contributed by atoms with van der Waals surface area (Å²) >= 11 is 0.995. The smallest absolute Gasteiger partial charge is 0.350 e. The summed E-state index contributed by atoms with van der Waals surface area (Å²) in [6, 6.07) is 9.82. The summed E-state index contributed by atoms with van der Waals surface area (Å²) in [5.41, 5.74) is 1.89. The number of anilines is 1. The molecule has 5 rings (SSSR count). The van der Waals surface area contributed by atoms with E-state index in [2.05, 4.69) is 4.98 Å². The van der Waals surface area contributed by atoms with Gasteiger partial charge in [0.2, 0.25) is 5.76 Å². The van der Waals surface area contributed by atoms with Gasteiger partial charge in [-0.15, -0.1) is 0 Å². The van der Waals surface area contributed by atoms with Gasteiger partial charge in [0, 0.05) is 0 Å². The van der Waals surface area contributed by atoms with Gasteiger partial charge in [-0.3, -0.25) is 14.5 Å². The highest BCUT2D eigenvalue weighted by atomic mass is 32.1. The number of benzene rings is 2. The van der Waals surface area contributed by atoms with Crippen LogP contribution < -0.4 is 10.3 Å². The maximum absolute atomic E-state index is 13.7. The number of hydrogen-bond acceptors (Lipinski definition) is 7. The molecule has 3 heterocycles. The highest BCUT2D eigenvalue weighted by Gasteiger charge is 2.45. The third kappa shape index (κ3) is 3.40. The lowest BCUT2D eigenvalue weighted by Crippen LogP contribution is -2.29. The molecule has 7 nitrogen and oxygen atoms in total. The molecule has 0 N–H and O–H groups in total. The van der Waals surface area contributed by atoms with Gasteiger partial charge in [-0.2, -0.15) is 0 Å². The molecule has 0 spiro atoms. The number of thiazole rings is 1. The van der Waals surface area contributed by atoms with Crippen LogP contribution in [0.15, 0.2) is 51.7 Å². The van der Waals surface area contributed by atoms with Crippen LogP contribution in [0.1, 0.15) is 55.6 Å². The molecular weight excluding hydrogens is 459 g/mol. The molecule has 9 heteroatoms. The zero-order valence-corrected chi connectivity index (χ0v) is 19.4. The van der Waals surface area contributed by atoms with Crippen molar-refractivity contribution in [3.63, 3.8) is 0 Å². The van der Waals surface area contributed by atoms with Crippen molar-refractivity contribution in [2.75, 3.05) is 11.5 Å². The van der Waals surface area contributed by atoms with Gasteiger partial charge in [-0.1, -0.05) is 35.1 Å². The maximum atomic E-state index is 13.7. The van der Waals surface area contributed by atoms with Gasteiger partial charge in [-0.05, 0) is 50.6 Å². The summed E-state index contributed by atoms with van der Waals surface area (Å²) in [4.78, 5) is 45.6. The zero-order valence-electron chi connectivity index (χ0n) is 18.5. The number of amides is 1. The number of carbonyl (C=O) groups excluding carboxylic acids is 2. The Morgan fingerprint density at radius 2 is 1.91 bits per heavy atom. The minimum Gasteiger partial charge on any atom is -0.462 e. The predicted molar refractivity (Wildman–Crippen MR) is 125 cm³/mol. The number of hydrogen-bond donors (Lipinski definition) is 0. The number of nitrogens with zero attached hydrogens (tertiary/aromatic N) is 2. The molecular formula is C25H19FN2O5S. The number of ether oxygens (including phenoxy) is 1. The van der Waals surface area contributed by atoms with Crippen molar-refractivity contribution in [3.8, 4) is 0 Å². The zero-order chi connectivity index (χ0) is 24.1. The van der Waals surface area contributed by atoms with Crippen LogP contribution >= 0.6 is 11.3 Å². The first-order valence-corrected chi connectivity index (χ1v) is 11.4. The van der Waals surface area contributed by atoms with Crippen LogP contribution in [0.5, 0.6) is 0 Å². The third-order valence-corrected chi connectivity index (χ3v) is 6.80. The largest absolute Gasteiger partial charge is 0.462 e. The summed E-state index contributed by atoms with van der Waals surface area (Å²) in [6.45, 7) is 5.40. The van der Waals surface area contributed by atoms with Gasteiger partial charge in [0.15, 0.2) is 10.6 Å². The molecule has 1 aliphatic heterocycles. The predicted octanol–water partition coefficient (Wildman–Crippen LogP) is 4.93. The minimum atomic E-state index is -0.898. The SMILES string of the molecule is CCOC(=O)c1sc(N2C(=O)c3oc4ccc(C)cc4c(=O)c3C2c2ccc(F)cc2)nc1C. The second-order valence-electron chi connectivity index (χ2n) is 7.93. The average Bonchev–Trinajstić information content (AvgIpc) is 3.33. The average molecular weight is 479 g/mol. The molecule has 0 radical (unpaired) electrons. The molecule has 1 amide bonds. The van der Waals surface area contributed by atoms with Crippen LogP contribution in [-0.2, 0) is 4.74 Å². The number of aromatic nitrogens is 1. The van der Waals surface area contributed by atoms with Gasteiger partial charge >= 0.3 is 5.97 Å². The van der Waals surface area contributed by atoms with Crippen molar-refractivity contribution in [3.05, 3.63) is 91.5 Å². The molecule has 1 atom stereocenters. The molecule has 0 saturated carbocycles. The highest BCUT2D eigenvalue weighted by Crippen LogP contribution is 2.43. The number of halogens is 1. The van der Waals surface area contributed by atoms with E-state index in [4.69, 9.17) is 9.15 Å². The molecule has 0 saturated heterocycles. The molecule has 34 heavy (non-hydrogen) atoms. The topological polar surface area (TPSA) is 89.7 Å².